The molecule has 5 nitrogen and oxygen atoms in total. The molecule has 0 amide bonds. The molecule has 1 heterocycles. The third-order valence-electron chi connectivity index (χ3n) is 2.21. The molecule has 14 heavy (non-hydrogen) atoms. The molecule has 0 bridgehead atoms. The first-order valence-corrected chi connectivity index (χ1v) is 4.47. The molecule has 5 heteroatoms. The number of non-ortho nitro benzene ring substituents is 1. The van der Waals surface area contributed by atoms with Gasteiger partial charge in [-0.3, -0.25) is 10.1 Å². The molecular weight excluding hydrogens is 182 g/mol. The van der Waals surface area contributed by atoms with Crippen LogP contribution in [0, 0.1) is 10.1 Å². The molecule has 0 unspecified atom stereocenters. The van der Waals surface area contributed by atoms with Crippen molar-refractivity contribution < 1.29 is 4.92 Å². The lowest BCUT2D eigenvalue weighted by Crippen LogP contribution is -2.51. The highest BCUT2D eigenvalue weighted by molar-refractivity contribution is 5.51. The fourth-order valence-corrected chi connectivity index (χ4v) is 1.34. The van der Waals surface area contributed by atoms with Crippen molar-refractivity contribution in [2.45, 2.75) is 6.04 Å². The molecule has 2 rings (SSSR count). The molecule has 0 spiro atoms. The van der Waals surface area contributed by atoms with E-state index in [1.165, 1.54) is 6.07 Å². The summed E-state index contributed by atoms with van der Waals surface area (Å²) in [6, 6.07) is 6.97. The average Bonchev–Trinajstić information content (AvgIpc) is 2.12. The molecule has 1 aromatic carbocycles. The minimum atomic E-state index is -0.385. The summed E-state index contributed by atoms with van der Waals surface area (Å²) in [6.45, 7) is 1.84. The van der Waals surface area contributed by atoms with Crippen LogP contribution in [-0.4, -0.2) is 24.1 Å². The Bertz CT molecular complexity index is 350. The predicted octanol–water partition coefficient (Wildman–Crippen LogP) is 0.978. The molecule has 1 aliphatic heterocycles. The van der Waals surface area contributed by atoms with Gasteiger partial charge < -0.3 is 10.6 Å². The Morgan fingerprint density at radius 1 is 1.50 bits per heavy atom. The average molecular weight is 193 g/mol. The summed E-state index contributed by atoms with van der Waals surface area (Å²) in [4.78, 5) is 10.1. The zero-order valence-corrected chi connectivity index (χ0v) is 7.56. The van der Waals surface area contributed by atoms with Crippen molar-refractivity contribution in [2.75, 3.05) is 18.4 Å². The minimum absolute atomic E-state index is 0.127. The van der Waals surface area contributed by atoms with E-state index in [-0.39, 0.29) is 10.6 Å². The normalized spacial score (nSPS) is 16.0. The van der Waals surface area contributed by atoms with Crippen LogP contribution in [0.1, 0.15) is 0 Å². The largest absolute Gasteiger partial charge is 0.380 e. The molecule has 2 N–H and O–H groups in total. The van der Waals surface area contributed by atoms with E-state index in [4.69, 9.17) is 0 Å². The van der Waals surface area contributed by atoms with Crippen molar-refractivity contribution in [2.24, 2.45) is 0 Å². The maximum atomic E-state index is 10.5. The second-order valence-electron chi connectivity index (χ2n) is 3.31. The standard InChI is InChI=1S/C9H11N3O2/c13-12(14)9-3-1-2-7(4-9)11-8-5-10-6-8/h1-4,8,10-11H,5-6H2. The molecule has 0 radical (unpaired) electrons. The molecular formula is C9H11N3O2. The number of nitro benzene ring substituents is 1. The summed E-state index contributed by atoms with van der Waals surface area (Å²) in [5.41, 5.74) is 0.938. The highest BCUT2D eigenvalue weighted by Crippen LogP contribution is 2.18. The molecule has 1 saturated heterocycles. The fraction of sp³-hybridized carbons (Fsp3) is 0.333. The van der Waals surface area contributed by atoms with E-state index >= 15 is 0 Å². The summed E-state index contributed by atoms with van der Waals surface area (Å²) in [5.74, 6) is 0. The Hall–Kier alpha value is -1.62. The van der Waals surface area contributed by atoms with Crippen molar-refractivity contribution in [3.8, 4) is 0 Å². The van der Waals surface area contributed by atoms with Gasteiger partial charge >= 0.3 is 0 Å². The maximum absolute atomic E-state index is 10.5. The van der Waals surface area contributed by atoms with Gasteiger partial charge in [0.25, 0.3) is 5.69 Å². The molecule has 0 saturated carbocycles. The van der Waals surface area contributed by atoms with Crippen LogP contribution in [0.4, 0.5) is 11.4 Å². The van der Waals surface area contributed by atoms with Crippen LogP contribution in [0.3, 0.4) is 0 Å². The molecule has 1 aromatic rings. The lowest BCUT2D eigenvalue weighted by molar-refractivity contribution is -0.384. The van der Waals surface area contributed by atoms with Crippen molar-refractivity contribution >= 4 is 11.4 Å². The van der Waals surface area contributed by atoms with Gasteiger partial charge in [-0.25, -0.2) is 0 Å². The number of nitrogens with zero attached hydrogens (tertiary/aromatic N) is 1. The lowest BCUT2D eigenvalue weighted by Gasteiger charge is -2.28. The van der Waals surface area contributed by atoms with E-state index < -0.39 is 0 Å². The molecule has 1 aliphatic rings. The number of benzene rings is 1. The van der Waals surface area contributed by atoms with Gasteiger partial charge in [0.15, 0.2) is 0 Å². The second kappa shape index (κ2) is 3.63. The van der Waals surface area contributed by atoms with Crippen molar-refractivity contribution in [1.29, 1.82) is 0 Å². The van der Waals surface area contributed by atoms with E-state index in [1.54, 1.807) is 12.1 Å². The first-order chi connectivity index (χ1) is 6.75. The Kier molecular flexibility index (Phi) is 2.32. The molecule has 74 valence electrons. The van der Waals surface area contributed by atoms with Crippen molar-refractivity contribution in [3.63, 3.8) is 0 Å². The number of nitro groups is 1. The number of hydrogen-bond acceptors (Lipinski definition) is 4. The third-order valence-corrected chi connectivity index (χ3v) is 2.21. The zero-order chi connectivity index (χ0) is 9.97. The summed E-state index contributed by atoms with van der Waals surface area (Å²) in [6.07, 6.45) is 0. The van der Waals surface area contributed by atoms with E-state index in [2.05, 4.69) is 10.6 Å². The topological polar surface area (TPSA) is 67.2 Å². The number of anilines is 1. The molecule has 0 aliphatic carbocycles. The first-order valence-electron chi connectivity index (χ1n) is 4.47. The van der Waals surface area contributed by atoms with E-state index in [9.17, 15) is 10.1 Å². The van der Waals surface area contributed by atoms with Crippen LogP contribution >= 0.6 is 0 Å². The van der Waals surface area contributed by atoms with Gasteiger partial charge in [0.05, 0.1) is 11.0 Å². The minimum Gasteiger partial charge on any atom is -0.380 e. The van der Waals surface area contributed by atoms with Crippen LogP contribution in [0.5, 0.6) is 0 Å². The van der Waals surface area contributed by atoms with Gasteiger partial charge in [-0.2, -0.15) is 0 Å². The van der Waals surface area contributed by atoms with Gasteiger partial charge in [0.1, 0.15) is 0 Å². The number of hydrogen-bond donors (Lipinski definition) is 2. The van der Waals surface area contributed by atoms with Gasteiger partial charge in [-0.1, -0.05) is 6.07 Å². The Morgan fingerprint density at radius 2 is 2.29 bits per heavy atom. The Labute approximate surface area is 81.3 Å². The van der Waals surface area contributed by atoms with Crippen LogP contribution in [0.2, 0.25) is 0 Å². The fourth-order valence-electron chi connectivity index (χ4n) is 1.34. The van der Waals surface area contributed by atoms with Crippen LogP contribution in [0.15, 0.2) is 24.3 Å². The van der Waals surface area contributed by atoms with Crippen LogP contribution < -0.4 is 10.6 Å². The Balaban J connectivity index is 2.09. The lowest BCUT2D eigenvalue weighted by atomic mass is 10.1. The summed E-state index contributed by atoms with van der Waals surface area (Å²) < 4.78 is 0. The van der Waals surface area contributed by atoms with E-state index in [0.29, 0.717) is 6.04 Å². The first kappa shape index (κ1) is 8.96. The number of nitrogens with one attached hydrogen (secondary N) is 2. The third kappa shape index (κ3) is 1.82. The van der Waals surface area contributed by atoms with Crippen molar-refractivity contribution in [1.82, 2.24) is 5.32 Å². The van der Waals surface area contributed by atoms with Crippen LogP contribution in [0.25, 0.3) is 0 Å². The molecule has 1 fully saturated rings. The highest BCUT2D eigenvalue weighted by Gasteiger charge is 2.16. The predicted molar refractivity (Wildman–Crippen MR) is 53.4 cm³/mol. The Morgan fingerprint density at radius 3 is 2.86 bits per heavy atom. The van der Waals surface area contributed by atoms with Gasteiger partial charge in [-0.15, -0.1) is 0 Å². The number of rotatable bonds is 3. The van der Waals surface area contributed by atoms with E-state index in [1.807, 2.05) is 6.07 Å². The molecule has 0 aromatic heterocycles. The van der Waals surface area contributed by atoms with E-state index in [0.717, 1.165) is 18.8 Å². The summed E-state index contributed by atoms with van der Waals surface area (Å²) >= 11 is 0. The smallest absolute Gasteiger partial charge is 0.271 e. The van der Waals surface area contributed by atoms with Gasteiger partial charge in [-0.05, 0) is 6.07 Å². The SMILES string of the molecule is O=[N+]([O-])c1cccc(NC2CNC2)c1. The van der Waals surface area contributed by atoms with Crippen molar-refractivity contribution in [3.05, 3.63) is 34.4 Å². The summed E-state index contributed by atoms with van der Waals surface area (Å²) in [7, 11) is 0. The second-order valence-corrected chi connectivity index (χ2v) is 3.31. The monoisotopic (exact) mass is 193 g/mol. The highest BCUT2D eigenvalue weighted by atomic mass is 16.6. The van der Waals surface area contributed by atoms with Crippen LogP contribution in [-0.2, 0) is 0 Å². The summed E-state index contributed by atoms with van der Waals surface area (Å²) in [5, 5.41) is 16.8. The quantitative estimate of drug-likeness (QED) is 0.554. The maximum Gasteiger partial charge on any atom is 0.271 e. The van der Waals surface area contributed by atoms with Gasteiger partial charge in [0, 0.05) is 30.9 Å². The zero-order valence-electron chi connectivity index (χ0n) is 7.56. The molecule has 0 atom stereocenters. The van der Waals surface area contributed by atoms with Gasteiger partial charge in [0.2, 0.25) is 0 Å².